The fraction of sp³-hybridized carbons (Fsp3) is 0.680. The van der Waals surface area contributed by atoms with Gasteiger partial charge in [-0.25, -0.2) is 0 Å². The monoisotopic (exact) mass is 459 g/mol. The lowest BCUT2D eigenvalue weighted by molar-refractivity contribution is -0.134. The molecule has 8 heteroatoms. The number of ether oxygens (including phenoxy) is 3. The van der Waals surface area contributed by atoms with E-state index in [1.807, 2.05) is 28.9 Å². The van der Waals surface area contributed by atoms with Gasteiger partial charge in [0.2, 0.25) is 11.8 Å². The fourth-order valence-electron chi connectivity index (χ4n) is 5.03. The lowest BCUT2D eigenvalue weighted by Crippen LogP contribution is -2.45. The van der Waals surface area contributed by atoms with Crippen molar-refractivity contribution in [2.45, 2.75) is 51.6 Å². The van der Waals surface area contributed by atoms with Crippen LogP contribution in [0.3, 0.4) is 0 Å². The zero-order valence-corrected chi connectivity index (χ0v) is 19.8. The highest BCUT2D eigenvalue weighted by atomic mass is 16.5. The number of hydrogen-bond acceptors (Lipinski definition) is 6. The van der Waals surface area contributed by atoms with E-state index in [0.29, 0.717) is 64.9 Å². The molecule has 0 saturated carbocycles. The molecule has 3 aliphatic rings. The average molecular weight is 460 g/mol. The molecule has 2 saturated heterocycles. The van der Waals surface area contributed by atoms with Crippen molar-refractivity contribution in [2.75, 3.05) is 59.2 Å². The second kappa shape index (κ2) is 11.7. The van der Waals surface area contributed by atoms with Crippen molar-refractivity contribution in [1.29, 1.82) is 0 Å². The maximum absolute atomic E-state index is 13.1. The Kier molecular flexibility index (Phi) is 8.45. The van der Waals surface area contributed by atoms with Crippen LogP contribution in [-0.2, 0) is 20.9 Å². The van der Waals surface area contributed by atoms with Crippen LogP contribution < -0.4 is 9.47 Å². The van der Waals surface area contributed by atoms with Gasteiger partial charge in [-0.3, -0.25) is 14.5 Å². The second-order valence-corrected chi connectivity index (χ2v) is 8.98. The van der Waals surface area contributed by atoms with Gasteiger partial charge in [0.25, 0.3) is 0 Å². The zero-order chi connectivity index (χ0) is 23.0. The third-order valence-corrected chi connectivity index (χ3v) is 6.76. The van der Waals surface area contributed by atoms with E-state index in [-0.39, 0.29) is 11.8 Å². The van der Waals surface area contributed by atoms with E-state index in [1.165, 1.54) is 0 Å². The van der Waals surface area contributed by atoms with Gasteiger partial charge in [-0.15, -0.1) is 0 Å². The molecule has 1 atom stereocenters. The molecule has 4 rings (SSSR count). The van der Waals surface area contributed by atoms with E-state index >= 15 is 0 Å². The molecule has 2 amide bonds. The van der Waals surface area contributed by atoms with Crippen LogP contribution in [0.5, 0.6) is 11.5 Å². The lowest BCUT2D eigenvalue weighted by Gasteiger charge is -2.31. The first-order chi connectivity index (χ1) is 16.2. The van der Waals surface area contributed by atoms with E-state index in [1.54, 1.807) is 0 Å². The SMILES string of the molecule is CCOc1cccc2c1OCCOCCN(C(=O)CCN1CCCC1=O)C[C@@H]1CCCN1C2. The summed E-state index contributed by atoms with van der Waals surface area (Å²) in [5.41, 5.74) is 1.11. The maximum atomic E-state index is 13.1. The van der Waals surface area contributed by atoms with Gasteiger partial charge in [-0.2, -0.15) is 0 Å². The van der Waals surface area contributed by atoms with Crippen molar-refractivity contribution in [3.8, 4) is 11.5 Å². The molecule has 0 aliphatic carbocycles. The quantitative estimate of drug-likeness (QED) is 0.673. The van der Waals surface area contributed by atoms with E-state index in [9.17, 15) is 9.59 Å². The Hall–Kier alpha value is -2.32. The Morgan fingerprint density at radius 1 is 1.15 bits per heavy atom. The van der Waals surface area contributed by atoms with E-state index in [0.717, 1.165) is 56.0 Å². The smallest absolute Gasteiger partial charge is 0.224 e. The summed E-state index contributed by atoms with van der Waals surface area (Å²) in [5, 5.41) is 0. The maximum Gasteiger partial charge on any atom is 0.224 e. The van der Waals surface area contributed by atoms with Crippen LogP contribution in [0.4, 0.5) is 0 Å². The molecular formula is C25H37N3O5. The van der Waals surface area contributed by atoms with Crippen LogP contribution in [0, 0.1) is 0 Å². The number of likely N-dealkylation sites (tertiary alicyclic amines) is 1. The number of carbonyl (C=O) groups excluding carboxylic acids is 2. The third kappa shape index (κ3) is 6.18. The Morgan fingerprint density at radius 3 is 2.88 bits per heavy atom. The summed E-state index contributed by atoms with van der Waals surface area (Å²) in [5.74, 6) is 1.85. The number of amides is 2. The molecule has 0 N–H and O–H groups in total. The van der Waals surface area contributed by atoms with E-state index in [4.69, 9.17) is 14.2 Å². The summed E-state index contributed by atoms with van der Waals surface area (Å²) in [4.78, 5) is 31.3. The van der Waals surface area contributed by atoms with Gasteiger partial charge in [-0.05, 0) is 38.8 Å². The largest absolute Gasteiger partial charge is 0.490 e. The molecule has 2 fully saturated rings. The van der Waals surface area contributed by atoms with Crippen molar-refractivity contribution in [2.24, 2.45) is 0 Å². The number of rotatable bonds is 5. The summed E-state index contributed by atoms with van der Waals surface area (Å²) < 4.78 is 17.8. The molecule has 1 aromatic carbocycles. The van der Waals surface area contributed by atoms with Gasteiger partial charge < -0.3 is 24.0 Å². The normalized spacial score (nSPS) is 22.6. The van der Waals surface area contributed by atoms with Crippen LogP contribution >= 0.6 is 0 Å². The van der Waals surface area contributed by atoms with Crippen molar-refractivity contribution in [3.05, 3.63) is 23.8 Å². The topological polar surface area (TPSA) is 71.5 Å². The van der Waals surface area contributed by atoms with Gasteiger partial charge in [0.1, 0.15) is 6.61 Å². The summed E-state index contributed by atoms with van der Waals surface area (Å²) >= 11 is 0. The Morgan fingerprint density at radius 2 is 2.06 bits per heavy atom. The number of benzene rings is 1. The summed E-state index contributed by atoms with van der Waals surface area (Å²) in [7, 11) is 0. The Balaban J connectivity index is 1.46. The Bertz CT molecular complexity index is 817. The first-order valence-electron chi connectivity index (χ1n) is 12.4. The molecule has 0 unspecified atom stereocenters. The average Bonchev–Trinajstić information content (AvgIpc) is 3.43. The molecular weight excluding hydrogens is 422 g/mol. The van der Waals surface area contributed by atoms with E-state index < -0.39 is 0 Å². The van der Waals surface area contributed by atoms with Crippen molar-refractivity contribution in [1.82, 2.24) is 14.7 Å². The minimum atomic E-state index is 0.107. The number of hydrogen-bond donors (Lipinski definition) is 0. The van der Waals surface area contributed by atoms with Crippen LogP contribution in [0.2, 0.25) is 0 Å². The summed E-state index contributed by atoms with van der Waals surface area (Å²) in [6.45, 7) is 8.25. The molecule has 0 aromatic heterocycles. The number of carbonyl (C=O) groups is 2. The first-order valence-corrected chi connectivity index (χ1v) is 12.4. The van der Waals surface area contributed by atoms with Gasteiger partial charge in [0.05, 0.1) is 19.8 Å². The number of nitrogens with zero attached hydrogens (tertiary/aromatic N) is 3. The molecule has 3 aliphatic heterocycles. The van der Waals surface area contributed by atoms with Gasteiger partial charge in [-0.1, -0.05) is 12.1 Å². The van der Waals surface area contributed by atoms with Crippen LogP contribution in [0.15, 0.2) is 18.2 Å². The summed E-state index contributed by atoms with van der Waals surface area (Å²) in [6, 6.07) is 6.37. The number of para-hydroxylation sites is 1. The van der Waals surface area contributed by atoms with E-state index in [2.05, 4.69) is 11.0 Å². The van der Waals surface area contributed by atoms with Gasteiger partial charge in [0, 0.05) is 57.2 Å². The highest BCUT2D eigenvalue weighted by Crippen LogP contribution is 2.34. The fourth-order valence-corrected chi connectivity index (χ4v) is 5.03. The third-order valence-electron chi connectivity index (χ3n) is 6.76. The van der Waals surface area contributed by atoms with Crippen molar-refractivity contribution in [3.63, 3.8) is 0 Å². The van der Waals surface area contributed by atoms with Crippen molar-refractivity contribution < 1.29 is 23.8 Å². The van der Waals surface area contributed by atoms with Crippen LogP contribution in [-0.4, -0.2) is 91.7 Å². The molecule has 182 valence electrons. The first kappa shape index (κ1) is 23.8. The molecule has 0 radical (unpaired) electrons. The highest BCUT2D eigenvalue weighted by molar-refractivity contribution is 5.80. The standard InChI is InChI=1S/C25H37N3O5/c1-2-32-22-8-3-6-20-18-27-12-4-7-21(27)19-28(14-15-31-16-17-33-25(20)22)24(30)10-13-26-11-5-9-23(26)29/h3,6,8,21H,2,4-5,7,9-19H2,1H3/t21-/m0/s1. The molecule has 3 heterocycles. The van der Waals surface area contributed by atoms with Crippen molar-refractivity contribution >= 4 is 11.8 Å². The molecule has 8 nitrogen and oxygen atoms in total. The minimum absolute atomic E-state index is 0.107. The zero-order valence-electron chi connectivity index (χ0n) is 19.8. The number of fused-ring (bicyclic) bond motifs is 2. The minimum Gasteiger partial charge on any atom is -0.490 e. The highest BCUT2D eigenvalue weighted by Gasteiger charge is 2.30. The summed E-state index contributed by atoms with van der Waals surface area (Å²) in [6.07, 6.45) is 4.07. The van der Waals surface area contributed by atoms with Crippen LogP contribution in [0.25, 0.3) is 0 Å². The molecule has 0 bridgehead atoms. The predicted octanol–water partition coefficient (Wildman–Crippen LogP) is 2.30. The molecule has 33 heavy (non-hydrogen) atoms. The molecule has 0 spiro atoms. The predicted molar refractivity (Wildman–Crippen MR) is 124 cm³/mol. The lowest BCUT2D eigenvalue weighted by atomic mass is 10.1. The second-order valence-electron chi connectivity index (χ2n) is 8.98. The Labute approximate surface area is 196 Å². The van der Waals surface area contributed by atoms with Gasteiger partial charge in [0.15, 0.2) is 11.5 Å². The molecule has 1 aromatic rings. The van der Waals surface area contributed by atoms with Gasteiger partial charge >= 0.3 is 0 Å². The van der Waals surface area contributed by atoms with Crippen LogP contribution in [0.1, 0.15) is 44.6 Å².